The first-order chi connectivity index (χ1) is 8.72. The van der Waals surface area contributed by atoms with Gasteiger partial charge in [-0.1, -0.05) is 54.9 Å². The first-order valence-corrected chi connectivity index (χ1v) is 7.05. The van der Waals surface area contributed by atoms with Gasteiger partial charge in [-0.25, -0.2) is 0 Å². The van der Waals surface area contributed by atoms with Gasteiger partial charge in [0.2, 0.25) is 0 Å². The van der Waals surface area contributed by atoms with Gasteiger partial charge < -0.3 is 0 Å². The van der Waals surface area contributed by atoms with Crippen LogP contribution in [0.4, 0.5) is 0 Å². The molecule has 94 valence electrons. The minimum absolute atomic E-state index is 0.460. The Balaban J connectivity index is 2.17. The molecule has 2 aromatic rings. The average Bonchev–Trinajstić information content (AvgIpc) is 2.42. The Hall–Kier alpha value is -0.980. The third kappa shape index (κ3) is 3.28. The van der Waals surface area contributed by atoms with Crippen LogP contribution in [0.1, 0.15) is 29.2 Å². The van der Waals surface area contributed by atoms with Gasteiger partial charge in [0.1, 0.15) is 0 Å². The quantitative estimate of drug-likeness (QED) is 0.672. The van der Waals surface area contributed by atoms with Crippen molar-refractivity contribution in [2.45, 2.75) is 25.6 Å². The van der Waals surface area contributed by atoms with Crippen LogP contribution in [-0.4, -0.2) is 0 Å². The van der Waals surface area contributed by atoms with E-state index in [0.717, 1.165) is 23.4 Å². The molecule has 0 nitrogen and oxygen atoms in total. The van der Waals surface area contributed by atoms with Crippen LogP contribution in [0.15, 0.2) is 42.5 Å². The second-order valence-electron chi connectivity index (χ2n) is 4.41. The van der Waals surface area contributed by atoms with E-state index in [-0.39, 0.29) is 0 Å². The molecule has 2 aromatic carbocycles. The maximum absolute atomic E-state index is 6.05. The molecule has 0 aliphatic rings. The van der Waals surface area contributed by atoms with Crippen LogP contribution in [0.25, 0.3) is 0 Å². The normalized spacial score (nSPS) is 10.6. The maximum Gasteiger partial charge on any atom is 0.0488 e. The van der Waals surface area contributed by atoms with Gasteiger partial charge in [-0.05, 0) is 41.2 Å². The minimum atomic E-state index is 0.460. The van der Waals surface area contributed by atoms with Crippen molar-refractivity contribution in [3.63, 3.8) is 0 Å². The van der Waals surface area contributed by atoms with Crippen molar-refractivity contribution in [2.24, 2.45) is 0 Å². The molecular formula is C16H16Cl2. The summed E-state index contributed by atoms with van der Waals surface area (Å²) in [4.78, 5) is 0. The van der Waals surface area contributed by atoms with Crippen LogP contribution in [0.3, 0.4) is 0 Å². The highest BCUT2D eigenvalue weighted by Crippen LogP contribution is 2.21. The van der Waals surface area contributed by atoms with E-state index in [1.807, 2.05) is 6.07 Å². The Kier molecular flexibility index (Phi) is 4.68. The van der Waals surface area contributed by atoms with E-state index in [2.05, 4.69) is 43.3 Å². The summed E-state index contributed by atoms with van der Waals surface area (Å²) in [5.74, 6) is 0.460. The largest absolute Gasteiger partial charge is 0.121 e. The molecule has 0 atom stereocenters. The Morgan fingerprint density at radius 2 is 1.50 bits per heavy atom. The summed E-state index contributed by atoms with van der Waals surface area (Å²) in [6.07, 6.45) is 2.00. The van der Waals surface area contributed by atoms with E-state index in [9.17, 15) is 0 Å². The fourth-order valence-electron chi connectivity index (χ4n) is 1.97. The van der Waals surface area contributed by atoms with E-state index in [1.165, 1.54) is 16.7 Å². The predicted octanol–water partition coefficient (Wildman–Crippen LogP) is 5.23. The lowest BCUT2D eigenvalue weighted by atomic mass is 10.0. The molecule has 0 N–H and O–H groups in total. The van der Waals surface area contributed by atoms with Crippen LogP contribution >= 0.6 is 23.2 Å². The van der Waals surface area contributed by atoms with E-state index in [4.69, 9.17) is 23.2 Å². The number of benzene rings is 2. The number of halogens is 2. The minimum Gasteiger partial charge on any atom is -0.121 e. The Morgan fingerprint density at radius 1 is 0.889 bits per heavy atom. The molecule has 0 bridgehead atoms. The number of aryl methyl sites for hydroxylation is 1. The zero-order chi connectivity index (χ0) is 13.0. The molecule has 0 saturated heterocycles. The summed E-state index contributed by atoms with van der Waals surface area (Å²) in [6, 6.07) is 14.8. The number of hydrogen-bond donors (Lipinski definition) is 0. The standard InChI is InChI=1S/C16H16Cl2/c1-2-12-3-5-13(6-4-12)9-14-7-8-16(18)15(10-14)11-17/h3-8,10H,2,9,11H2,1H3. The van der Waals surface area contributed by atoms with E-state index >= 15 is 0 Å². The van der Waals surface area contributed by atoms with Gasteiger partial charge >= 0.3 is 0 Å². The predicted molar refractivity (Wildman–Crippen MR) is 79.6 cm³/mol. The number of hydrogen-bond acceptors (Lipinski definition) is 0. The van der Waals surface area contributed by atoms with Crippen LogP contribution in [0.2, 0.25) is 5.02 Å². The van der Waals surface area contributed by atoms with Crippen molar-refractivity contribution in [2.75, 3.05) is 0 Å². The second-order valence-corrected chi connectivity index (χ2v) is 5.08. The molecule has 0 aromatic heterocycles. The maximum atomic E-state index is 6.05. The van der Waals surface area contributed by atoms with E-state index < -0.39 is 0 Å². The van der Waals surface area contributed by atoms with Crippen molar-refractivity contribution in [3.8, 4) is 0 Å². The summed E-state index contributed by atoms with van der Waals surface area (Å²) in [5.41, 5.74) is 4.94. The lowest BCUT2D eigenvalue weighted by Crippen LogP contribution is -1.91. The number of rotatable bonds is 4. The molecule has 0 amide bonds. The van der Waals surface area contributed by atoms with Crippen molar-refractivity contribution in [3.05, 3.63) is 69.7 Å². The molecule has 0 radical (unpaired) electrons. The smallest absolute Gasteiger partial charge is 0.0488 e. The van der Waals surface area contributed by atoms with Gasteiger partial charge in [-0.15, -0.1) is 11.6 Å². The van der Waals surface area contributed by atoms with E-state index in [0.29, 0.717) is 5.88 Å². The highest BCUT2D eigenvalue weighted by molar-refractivity contribution is 6.32. The molecular weight excluding hydrogens is 263 g/mol. The Morgan fingerprint density at radius 3 is 2.11 bits per heavy atom. The van der Waals surface area contributed by atoms with Crippen LogP contribution in [-0.2, 0) is 18.7 Å². The summed E-state index contributed by atoms with van der Waals surface area (Å²) in [5, 5.41) is 0.745. The first kappa shape index (κ1) is 13.5. The number of alkyl halides is 1. The van der Waals surface area contributed by atoms with Gasteiger partial charge in [0.25, 0.3) is 0 Å². The first-order valence-electron chi connectivity index (χ1n) is 6.14. The third-order valence-corrected chi connectivity index (χ3v) is 3.75. The van der Waals surface area contributed by atoms with Gasteiger partial charge in [-0.3, -0.25) is 0 Å². The average molecular weight is 279 g/mol. The molecule has 0 unspecified atom stereocenters. The van der Waals surface area contributed by atoms with Crippen molar-refractivity contribution < 1.29 is 0 Å². The molecule has 0 fully saturated rings. The van der Waals surface area contributed by atoms with Gasteiger partial charge in [0.15, 0.2) is 0 Å². The fourth-order valence-corrected chi connectivity index (χ4v) is 2.44. The molecule has 0 aliphatic carbocycles. The highest BCUT2D eigenvalue weighted by atomic mass is 35.5. The SMILES string of the molecule is CCc1ccc(Cc2ccc(Cl)c(CCl)c2)cc1. The summed E-state index contributed by atoms with van der Waals surface area (Å²) < 4.78 is 0. The zero-order valence-corrected chi connectivity index (χ0v) is 11.9. The molecule has 0 spiro atoms. The molecule has 0 saturated carbocycles. The van der Waals surface area contributed by atoms with Crippen LogP contribution in [0.5, 0.6) is 0 Å². The third-order valence-electron chi connectivity index (χ3n) is 3.09. The van der Waals surface area contributed by atoms with Crippen molar-refractivity contribution in [1.29, 1.82) is 0 Å². The summed E-state index contributed by atoms with van der Waals surface area (Å²) >= 11 is 11.9. The second kappa shape index (κ2) is 6.26. The van der Waals surface area contributed by atoms with Crippen molar-refractivity contribution >= 4 is 23.2 Å². The van der Waals surface area contributed by atoms with Gasteiger partial charge in [0.05, 0.1) is 0 Å². The molecule has 0 heterocycles. The molecule has 2 rings (SSSR count). The fraction of sp³-hybridized carbons (Fsp3) is 0.250. The Bertz CT molecular complexity index is 515. The molecule has 0 aliphatic heterocycles. The summed E-state index contributed by atoms with van der Waals surface area (Å²) in [6.45, 7) is 2.17. The molecule has 2 heteroatoms. The monoisotopic (exact) mass is 278 g/mol. The van der Waals surface area contributed by atoms with Gasteiger partial charge in [-0.2, -0.15) is 0 Å². The highest BCUT2D eigenvalue weighted by Gasteiger charge is 2.02. The lowest BCUT2D eigenvalue weighted by molar-refractivity contribution is 1.12. The zero-order valence-electron chi connectivity index (χ0n) is 10.4. The van der Waals surface area contributed by atoms with E-state index in [1.54, 1.807) is 0 Å². The van der Waals surface area contributed by atoms with Crippen molar-refractivity contribution in [1.82, 2.24) is 0 Å². The lowest BCUT2D eigenvalue weighted by Gasteiger charge is -2.06. The Labute approximate surface area is 119 Å². The van der Waals surface area contributed by atoms with Crippen LogP contribution < -0.4 is 0 Å². The van der Waals surface area contributed by atoms with Gasteiger partial charge in [0, 0.05) is 10.9 Å². The topological polar surface area (TPSA) is 0 Å². The van der Waals surface area contributed by atoms with Crippen LogP contribution in [0, 0.1) is 0 Å². The summed E-state index contributed by atoms with van der Waals surface area (Å²) in [7, 11) is 0. The molecule has 18 heavy (non-hydrogen) atoms.